The number of piperidine rings is 1. The molecule has 0 saturated carbocycles. The maximum Gasteiger partial charge on any atom is 0.124 e. The van der Waals surface area contributed by atoms with E-state index in [1.165, 1.54) is 5.52 Å². The van der Waals surface area contributed by atoms with E-state index < -0.39 is 0 Å². The third-order valence-electron chi connectivity index (χ3n) is 4.03. The van der Waals surface area contributed by atoms with Gasteiger partial charge in [0.25, 0.3) is 0 Å². The van der Waals surface area contributed by atoms with Gasteiger partial charge in [-0.1, -0.05) is 19.1 Å². The van der Waals surface area contributed by atoms with Gasteiger partial charge in [-0.25, -0.2) is 4.98 Å². The number of fused-ring (bicyclic) bond motifs is 1. The number of hydrogen-bond acceptors (Lipinski definition) is 3. The quantitative estimate of drug-likeness (QED) is 0.930. The molecule has 1 aliphatic heterocycles. The number of rotatable bonds is 4. The zero-order valence-corrected chi connectivity index (χ0v) is 12.1. The van der Waals surface area contributed by atoms with Gasteiger partial charge >= 0.3 is 0 Å². The van der Waals surface area contributed by atoms with Crippen molar-refractivity contribution < 1.29 is 5.11 Å². The summed E-state index contributed by atoms with van der Waals surface area (Å²) >= 11 is 0. The lowest BCUT2D eigenvalue weighted by Crippen LogP contribution is -2.38. The molecular weight excluding hydrogens is 250 g/mol. The second kappa shape index (κ2) is 5.94. The van der Waals surface area contributed by atoms with E-state index in [0.29, 0.717) is 0 Å². The van der Waals surface area contributed by atoms with E-state index >= 15 is 0 Å². The summed E-state index contributed by atoms with van der Waals surface area (Å²) in [5.74, 6) is 1.13. The molecule has 2 aromatic rings. The average molecular weight is 273 g/mol. The summed E-state index contributed by atoms with van der Waals surface area (Å²) in [6.45, 7) is 5.88. The number of aromatic nitrogens is 2. The molecule has 1 aromatic heterocycles. The van der Waals surface area contributed by atoms with Crippen molar-refractivity contribution in [1.29, 1.82) is 0 Å². The van der Waals surface area contributed by atoms with Crippen molar-refractivity contribution in [1.82, 2.24) is 14.5 Å². The lowest BCUT2D eigenvalue weighted by atomic mass is 10.1. The van der Waals surface area contributed by atoms with E-state index in [1.54, 1.807) is 0 Å². The van der Waals surface area contributed by atoms with Gasteiger partial charge < -0.3 is 9.67 Å². The van der Waals surface area contributed by atoms with Crippen LogP contribution in [0.5, 0.6) is 0 Å². The minimum Gasteiger partial charge on any atom is -0.392 e. The Hall–Kier alpha value is -1.39. The Balaban J connectivity index is 1.87. The Kier molecular flexibility index (Phi) is 4.03. The highest BCUT2D eigenvalue weighted by atomic mass is 16.3. The van der Waals surface area contributed by atoms with E-state index in [-0.39, 0.29) is 6.10 Å². The van der Waals surface area contributed by atoms with Crippen LogP contribution in [-0.2, 0) is 13.1 Å². The third-order valence-corrected chi connectivity index (χ3v) is 4.03. The minimum absolute atomic E-state index is 0.173. The zero-order valence-electron chi connectivity index (χ0n) is 12.1. The summed E-state index contributed by atoms with van der Waals surface area (Å²) in [4.78, 5) is 7.11. The molecular formula is C16H23N3O. The Morgan fingerprint density at radius 2 is 2.20 bits per heavy atom. The molecule has 108 valence electrons. The molecule has 0 amide bonds. The molecule has 3 rings (SSSR count). The zero-order chi connectivity index (χ0) is 13.9. The van der Waals surface area contributed by atoms with Crippen molar-refractivity contribution in [3.63, 3.8) is 0 Å². The van der Waals surface area contributed by atoms with E-state index in [9.17, 15) is 5.11 Å². The number of para-hydroxylation sites is 2. The van der Waals surface area contributed by atoms with Gasteiger partial charge in [-0.2, -0.15) is 0 Å². The van der Waals surface area contributed by atoms with Crippen LogP contribution >= 0.6 is 0 Å². The Labute approximate surface area is 120 Å². The summed E-state index contributed by atoms with van der Waals surface area (Å²) in [6.07, 6.45) is 2.94. The highest BCUT2D eigenvalue weighted by Crippen LogP contribution is 2.19. The number of benzene rings is 1. The van der Waals surface area contributed by atoms with Gasteiger partial charge in [-0.15, -0.1) is 0 Å². The predicted molar refractivity (Wildman–Crippen MR) is 80.5 cm³/mol. The molecule has 1 fully saturated rings. The number of aliphatic hydroxyl groups is 1. The fraction of sp³-hybridized carbons (Fsp3) is 0.562. The molecule has 4 heteroatoms. The molecule has 1 unspecified atom stereocenters. The molecule has 0 spiro atoms. The number of β-amino-alcohol motifs (C(OH)–C–C–N with tert-alkyl or cyclic N) is 1. The molecule has 4 nitrogen and oxygen atoms in total. The fourth-order valence-corrected chi connectivity index (χ4v) is 3.09. The number of likely N-dealkylation sites (tertiary alicyclic amines) is 1. The smallest absolute Gasteiger partial charge is 0.124 e. The largest absolute Gasteiger partial charge is 0.392 e. The Bertz CT molecular complexity index is 578. The predicted octanol–water partition coefficient (Wildman–Crippen LogP) is 2.40. The van der Waals surface area contributed by atoms with Gasteiger partial charge in [0, 0.05) is 13.1 Å². The van der Waals surface area contributed by atoms with Gasteiger partial charge in [0.15, 0.2) is 0 Å². The summed E-state index contributed by atoms with van der Waals surface area (Å²) in [7, 11) is 0. The van der Waals surface area contributed by atoms with E-state index in [0.717, 1.165) is 56.8 Å². The minimum atomic E-state index is -0.173. The fourth-order valence-electron chi connectivity index (χ4n) is 3.09. The molecule has 1 aliphatic rings. The topological polar surface area (TPSA) is 41.3 Å². The standard InChI is InChI=1S/C16H23N3O/c1-2-9-19-15-8-4-3-7-14(15)17-16(19)12-18-10-5-6-13(20)11-18/h3-4,7-8,13,20H,2,5-6,9-12H2,1H3. The van der Waals surface area contributed by atoms with Crippen LogP contribution in [0.15, 0.2) is 24.3 Å². The van der Waals surface area contributed by atoms with Crippen LogP contribution < -0.4 is 0 Å². The first-order valence-electron chi connectivity index (χ1n) is 7.62. The Morgan fingerprint density at radius 3 is 3.00 bits per heavy atom. The molecule has 2 heterocycles. The first kappa shape index (κ1) is 13.6. The molecule has 0 radical (unpaired) electrons. The summed E-state index contributed by atoms with van der Waals surface area (Å²) in [6, 6.07) is 8.34. The summed E-state index contributed by atoms with van der Waals surface area (Å²) in [5, 5.41) is 9.80. The molecule has 0 bridgehead atoms. The third kappa shape index (κ3) is 2.72. The highest BCUT2D eigenvalue weighted by Gasteiger charge is 2.20. The van der Waals surface area contributed by atoms with Crippen molar-refractivity contribution >= 4 is 11.0 Å². The monoisotopic (exact) mass is 273 g/mol. The van der Waals surface area contributed by atoms with Gasteiger partial charge in [-0.3, -0.25) is 4.90 Å². The van der Waals surface area contributed by atoms with Crippen LogP contribution in [0.4, 0.5) is 0 Å². The second-order valence-corrected chi connectivity index (χ2v) is 5.70. The van der Waals surface area contributed by atoms with Gasteiger partial charge in [0.1, 0.15) is 5.82 Å². The molecule has 1 atom stereocenters. The average Bonchev–Trinajstić information content (AvgIpc) is 2.77. The summed E-state index contributed by atoms with van der Waals surface area (Å²) in [5.41, 5.74) is 2.30. The lowest BCUT2D eigenvalue weighted by Gasteiger charge is -2.29. The van der Waals surface area contributed by atoms with Crippen LogP contribution in [0, 0.1) is 0 Å². The van der Waals surface area contributed by atoms with Crippen molar-refractivity contribution in [2.45, 2.75) is 45.4 Å². The molecule has 0 aliphatic carbocycles. The van der Waals surface area contributed by atoms with Gasteiger partial charge in [-0.05, 0) is 37.9 Å². The maximum absolute atomic E-state index is 9.80. The molecule has 1 aromatic carbocycles. The van der Waals surface area contributed by atoms with Crippen molar-refractivity contribution in [2.24, 2.45) is 0 Å². The van der Waals surface area contributed by atoms with Crippen molar-refractivity contribution in [2.75, 3.05) is 13.1 Å². The van der Waals surface area contributed by atoms with Crippen LogP contribution in [0.3, 0.4) is 0 Å². The number of hydrogen-bond donors (Lipinski definition) is 1. The van der Waals surface area contributed by atoms with Crippen LogP contribution in [0.25, 0.3) is 11.0 Å². The van der Waals surface area contributed by atoms with E-state index in [4.69, 9.17) is 4.98 Å². The second-order valence-electron chi connectivity index (χ2n) is 5.70. The SMILES string of the molecule is CCCn1c(CN2CCCC(O)C2)nc2ccccc21. The number of imidazole rings is 1. The van der Waals surface area contributed by atoms with Crippen LogP contribution in [-0.4, -0.2) is 38.8 Å². The lowest BCUT2D eigenvalue weighted by molar-refractivity contribution is 0.0650. The normalized spacial score (nSPS) is 20.6. The highest BCUT2D eigenvalue weighted by molar-refractivity contribution is 5.75. The molecule has 1 saturated heterocycles. The molecule has 1 N–H and O–H groups in total. The van der Waals surface area contributed by atoms with E-state index in [1.807, 2.05) is 6.07 Å². The van der Waals surface area contributed by atoms with Crippen molar-refractivity contribution in [3.05, 3.63) is 30.1 Å². The van der Waals surface area contributed by atoms with Crippen LogP contribution in [0.1, 0.15) is 32.0 Å². The number of aliphatic hydroxyl groups excluding tert-OH is 1. The maximum atomic E-state index is 9.80. The first-order chi connectivity index (χ1) is 9.78. The van der Waals surface area contributed by atoms with Crippen molar-refractivity contribution in [3.8, 4) is 0 Å². The number of nitrogens with zero attached hydrogens (tertiary/aromatic N) is 3. The first-order valence-corrected chi connectivity index (χ1v) is 7.62. The molecule has 20 heavy (non-hydrogen) atoms. The number of aryl methyl sites for hydroxylation is 1. The van der Waals surface area contributed by atoms with Crippen LogP contribution in [0.2, 0.25) is 0 Å². The van der Waals surface area contributed by atoms with Gasteiger partial charge in [0.05, 0.1) is 23.7 Å². The Morgan fingerprint density at radius 1 is 1.35 bits per heavy atom. The van der Waals surface area contributed by atoms with Gasteiger partial charge in [0.2, 0.25) is 0 Å². The van der Waals surface area contributed by atoms with E-state index in [2.05, 4.69) is 34.6 Å². The summed E-state index contributed by atoms with van der Waals surface area (Å²) < 4.78 is 2.33.